The second-order valence-corrected chi connectivity index (χ2v) is 4.71. The van der Waals surface area contributed by atoms with Gasteiger partial charge in [-0.1, -0.05) is 6.92 Å². The molecule has 1 aliphatic rings. The minimum absolute atomic E-state index is 0.841. The van der Waals surface area contributed by atoms with Crippen molar-refractivity contribution in [1.29, 1.82) is 0 Å². The minimum atomic E-state index is 0.841. The van der Waals surface area contributed by atoms with Crippen LogP contribution >= 0.6 is 0 Å². The second kappa shape index (κ2) is 4.79. The van der Waals surface area contributed by atoms with Gasteiger partial charge in [0.2, 0.25) is 0 Å². The lowest BCUT2D eigenvalue weighted by molar-refractivity contribution is 0.258. The lowest BCUT2D eigenvalue weighted by atomic mass is 9.84. The van der Waals surface area contributed by atoms with Crippen LogP contribution in [0.4, 0.5) is 0 Å². The van der Waals surface area contributed by atoms with E-state index in [0.717, 1.165) is 18.3 Å². The number of nitrogens with zero attached hydrogens (tertiary/aromatic N) is 2. The van der Waals surface area contributed by atoms with E-state index >= 15 is 0 Å². The zero-order valence-electron chi connectivity index (χ0n) is 9.74. The first-order valence-electron chi connectivity index (χ1n) is 5.95. The monoisotopic (exact) mass is 207 g/mol. The average Bonchev–Trinajstić information content (AvgIpc) is 2.63. The second-order valence-electron chi connectivity index (χ2n) is 4.71. The van der Waals surface area contributed by atoms with E-state index in [-0.39, 0.29) is 0 Å². The van der Waals surface area contributed by atoms with Crippen molar-refractivity contribution in [2.24, 2.45) is 18.9 Å². The standard InChI is InChI=1S/C12H21N3/c1-10-5-7-13-9-11(10)3-4-12-6-8-14-15(12)2/h6,8,10-11,13H,3-5,7,9H2,1-2H3. The van der Waals surface area contributed by atoms with Crippen LogP contribution in [0.25, 0.3) is 0 Å². The molecular formula is C12H21N3. The smallest absolute Gasteiger partial charge is 0.0492 e. The molecule has 15 heavy (non-hydrogen) atoms. The van der Waals surface area contributed by atoms with Crippen molar-refractivity contribution in [2.75, 3.05) is 13.1 Å². The normalized spacial score (nSPS) is 26.8. The van der Waals surface area contributed by atoms with Crippen LogP contribution in [-0.4, -0.2) is 22.9 Å². The number of rotatable bonds is 3. The lowest BCUT2D eigenvalue weighted by Crippen LogP contribution is -2.35. The van der Waals surface area contributed by atoms with Crippen LogP contribution in [0, 0.1) is 11.8 Å². The summed E-state index contributed by atoms with van der Waals surface area (Å²) in [6, 6.07) is 2.13. The third-order valence-electron chi connectivity index (χ3n) is 3.68. The predicted octanol–water partition coefficient (Wildman–Crippen LogP) is 1.60. The Balaban J connectivity index is 1.84. The molecule has 0 saturated carbocycles. The molecular weight excluding hydrogens is 186 g/mol. The Hall–Kier alpha value is -0.830. The summed E-state index contributed by atoms with van der Waals surface area (Å²) in [5, 5.41) is 7.69. The molecule has 84 valence electrons. The molecule has 1 aromatic heterocycles. The number of hydrogen-bond donors (Lipinski definition) is 1. The van der Waals surface area contributed by atoms with Gasteiger partial charge in [-0.2, -0.15) is 5.10 Å². The Morgan fingerprint density at radius 3 is 3.13 bits per heavy atom. The van der Waals surface area contributed by atoms with Gasteiger partial charge in [-0.05, 0) is 50.3 Å². The number of nitrogens with one attached hydrogen (secondary N) is 1. The van der Waals surface area contributed by atoms with Gasteiger partial charge in [-0.3, -0.25) is 4.68 Å². The van der Waals surface area contributed by atoms with Crippen LogP contribution in [0.5, 0.6) is 0 Å². The van der Waals surface area contributed by atoms with Gasteiger partial charge in [0.25, 0.3) is 0 Å². The van der Waals surface area contributed by atoms with Gasteiger partial charge in [0.05, 0.1) is 0 Å². The van der Waals surface area contributed by atoms with E-state index in [9.17, 15) is 0 Å². The van der Waals surface area contributed by atoms with E-state index in [1.54, 1.807) is 0 Å². The largest absolute Gasteiger partial charge is 0.316 e. The molecule has 2 rings (SSSR count). The molecule has 3 nitrogen and oxygen atoms in total. The Morgan fingerprint density at radius 2 is 2.47 bits per heavy atom. The van der Waals surface area contributed by atoms with Crippen molar-refractivity contribution in [3.05, 3.63) is 18.0 Å². The number of aryl methyl sites for hydroxylation is 2. The SMILES string of the molecule is CC1CCNCC1CCc1ccnn1C. The van der Waals surface area contributed by atoms with Gasteiger partial charge in [0.15, 0.2) is 0 Å². The molecule has 3 heteroatoms. The first kappa shape index (κ1) is 10.7. The quantitative estimate of drug-likeness (QED) is 0.816. The summed E-state index contributed by atoms with van der Waals surface area (Å²) in [4.78, 5) is 0. The van der Waals surface area contributed by atoms with Crippen LogP contribution in [-0.2, 0) is 13.5 Å². The highest BCUT2D eigenvalue weighted by molar-refractivity contribution is 5.00. The molecule has 1 aromatic rings. The molecule has 0 spiro atoms. The molecule has 2 heterocycles. The van der Waals surface area contributed by atoms with Gasteiger partial charge >= 0.3 is 0 Å². The molecule has 2 atom stereocenters. The van der Waals surface area contributed by atoms with Crippen molar-refractivity contribution in [2.45, 2.75) is 26.2 Å². The zero-order valence-corrected chi connectivity index (χ0v) is 9.74. The van der Waals surface area contributed by atoms with Crippen molar-refractivity contribution < 1.29 is 0 Å². The summed E-state index contributed by atoms with van der Waals surface area (Å²) in [7, 11) is 2.03. The Labute approximate surface area is 91.9 Å². The van der Waals surface area contributed by atoms with E-state index in [2.05, 4.69) is 23.4 Å². The molecule has 1 saturated heterocycles. The van der Waals surface area contributed by atoms with E-state index in [1.807, 2.05) is 17.9 Å². The topological polar surface area (TPSA) is 29.9 Å². The number of aromatic nitrogens is 2. The summed E-state index contributed by atoms with van der Waals surface area (Å²) in [5.74, 6) is 1.72. The van der Waals surface area contributed by atoms with Crippen LogP contribution in [0.15, 0.2) is 12.3 Å². The first-order valence-corrected chi connectivity index (χ1v) is 5.95. The van der Waals surface area contributed by atoms with E-state index in [4.69, 9.17) is 0 Å². The summed E-state index contributed by atoms with van der Waals surface area (Å²) in [5.41, 5.74) is 1.35. The molecule has 1 aliphatic heterocycles. The summed E-state index contributed by atoms with van der Waals surface area (Å²) in [6.45, 7) is 4.77. The van der Waals surface area contributed by atoms with E-state index < -0.39 is 0 Å². The van der Waals surface area contributed by atoms with Crippen LogP contribution < -0.4 is 5.32 Å². The molecule has 1 fully saturated rings. The summed E-state index contributed by atoms with van der Waals surface area (Å²) in [6.07, 6.45) is 5.66. The van der Waals surface area contributed by atoms with Gasteiger partial charge < -0.3 is 5.32 Å². The molecule has 0 aromatic carbocycles. The van der Waals surface area contributed by atoms with Crippen molar-refractivity contribution in [3.63, 3.8) is 0 Å². The maximum absolute atomic E-state index is 4.20. The zero-order chi connectivity index (χ0) is 10.7. The molecule has 0 amide bonds. The number of piperidine rings is 1. The molecule has 1 N–H and O–H groups in total. The first-order chi connectivity index (χ1) is 7.27. The van der Waals surface area contributed by atoms with Gasteiger partial charge in [0.1, 0.15) is 0 Å². The summed E-state index contributed by atoms with van der Waals surface area (Å²) < 4.78 is 1.99. The van der Waals surface area contributed by atoms with Gasteiger partial charge in [0, 0.05) is 18.9 Å². The maximum Gasteiger partial charge on any atom is 0.0492 e. The third kappa shape index (κ3) is 2.59. The predicted molar refractivity (Wildman–Crippen MR) is 61.7 cm³/mol. The summed E-state index contributed by atoms with van der Waals surface area (Å²) >= 11 is 0. The third-order valence-corrected chi connectivity index (χ3v) is 3.68. The van der Waals surface area contributed by atoms with Gasteiger partial charge in [-0.15, -0.1) is 0 Å². The Kier molecular flexibility index (Phi) is 3.41. The average molecular weight is 207 g/mol. The fourth-order valence-electron chi connectivity index (χ4n) is 2.42. The fraction of sp³-hybridized carbons (Fsp3) is 0.750. The Morgan fingerprint density at radius 1 is 1.60 bits per heavy atom. The molecule has 0 aliphatic carbocycles. The Bertz CT molecular complexity index is 306. The van der Waals surface area contributed by atoms with Crippen molar-refractivity contribution in [1.82, 2.24) is 15.1 Å². The highest BCUT2D eigenvalue weighted by Gasteiger charge is 2.20. The van der Waals surface area contributed by atoms with Crippen molar-refractivity contribution in [3.8, 4) is 0 Å². The number of hydrogen-bond acceptors (Lipinski definition) is 2. The van der Waals surface area contributed by atoms with Crippen LogP contribution in [0.2, 0.25) is 0 Å². The minimum Gasteiger partial charge on any atom is -0.316 e. The van der Waals surface area contributed by atoms with Crippen LogP contribution in [0.1, 0.15) is 25.5 Å². The van der Waals surface area contributed by atoms with Crippen molar-refractivity contribution >= 4 is 0 Å². The highest BCUT2D eigenvalue weighted by Crippen LogP contribution is 2.22. The maximum atomic E-state index is 4.20. The van der Waals surface area contributed by atoms with Gasteiger partial charge in [-0.25, -0.2) is 0 Å². The van der Waals surface area contributed by atoms with Crippen LogP contribution in [0.3, 0.4) is 0 Å². The molecule has 2 unspecified atom stereocenters. The molecule has 0 radical (unpaired) electrons. The highest BCUT2D eigenvalue weighted by atomic mass is 15.2. The van der Waals surface area contributed by atoms with E-state index in [0.29, 0.717) is 0 Å². The fourth-order valence-corrected chi connectivity index (χ4v) is 2.42. The lowest BCUT2D eigenvalue weighted by Gasteiger charge is -2.29. The van der Waals surface area contributed by atoms with E-state index in [1.165, 1.54) is 31.6 Å². The molecule has 0 bridgehead atoms.